The number of anilines is 1. The van der Waals surface area contributed by atoms with Crippen LogP contribution in [0.1, 0.15) is 12.8 Å². The predicted octanol–water partition coefficient (Wildman–Crippen LogP) is -0.0305. The van der Waals surface area contributed by atoms with Crippen molar-refractivity contribution in [3.8, 4) is 0 Å². The van der Waals surface area contributed by atoms with Gasteiger partial charge in [-0.05, 0) is 6.54 Å². The van der Waals surface area contributed by atoms with Gasteiger partial charge in [-0.3, -0.25) is 4.21 Å². The molecule has 0 amide bonds. The van der Waals surface area contributed by atoms with Crippen LogP contribution in [0.4, 0.5) is 6.01 Å². The maximum atomic E-state index is 10.8. The van der Waals surface area contributed by atoms with E-state index in [-0.39, 0.29) is 0 Å². The molecule has 0 fully saturated rings. The highest BCUT2D eigenvalue weighted by atomic mass is 32.2. The smallest absolute Gasteiger partial charge is 0.315 e. The molecule has 0 aliphatic heterocycles. The van der Waals surface area contributed by atoms with Gasteiger partial charge < -0.3 is 15.1 Å². The Morgan fingerprint density at radius 2 is 2.27 bits per heavy atom. The van der Waals surface area contributed by atoms with Crippen molar-refractivity contribution in [1.29, 1.82) is 0 Å². The maximum absolute atomic E-state index is 10.8. The third kappa shape index (κ3) is 4.89. The molecule has 0 aromatic carbocycles. The Hall–Kier alpha value is -0.950. The monoisotopic (exact) mass is 232 g/mol. The SMILES string of the molecule is CCNCc1nnc(NCCS(C)=O)o1. The Morgan fingerprint density at radius 3 is 2.93 bits per heavy atom. The summed E-state index contributed by atoms with van der Waals surface area (Å²) in [5.74, 6) is 1.13. The van der Waals surface area contributed by atoms with Gasteiger partial charge in [0, 0.05) is 29.4 Å². The van der Waals surface area contributed by atoms with Gasteiger partial charge in [-0.25, -0.2) is 0 Å². The Kier molecular flexibility index (Phi) is 5.27. The molecule has 2 N–H and O–H groups in total. The molecule has 0 saturated carbocycles. The number of hydrogen-bond donors (Lipinski definition) is 2. The Labute approximate surface area is 91.3 Å². The predicted molar refractivity (Wildman–Crippen MR) is 59.1 cm³/mol. The van der Waals surface area contributed by atoms with Gasteiger partial charge in [0.25, 0.3) is 0 Å². The zero-order valence-corrected chi connectivity index (χ0v) is 9.76. The van der Waals surface area contributed by atoms with E-state index in [1.54, 1.807) is 6.26 Å². The average Bonchev–Trinajstić information content (AvgIpc) is 2.62. The maximum Gasteiger partial charge on any atom is 0.315 e. The van der Waals surface area contributed by atoms with Gasteiger partial charge in [-0.2, -0.15) is 0 Å². The van der Waals surface area contributed by atoms with Crippen LogP contribution in [0.2, 0.25) is 0 Å². The first-order chi connectivity index (χ1) is 7.22. The van der Waals surface area contributed by atoms with Crippen LogP contribution in [0.15, 0.2) is 4.42 Å². The summed E-state index contributed by atoms with van der Waals surface area (Å²) in [6.07, 6.45) is 1.66. The van der Waals surface area contributed by atoms with E-state index in [1.807, 2.05) is 6.92 Å². The number of aromatic nitrogens is 2. The summed E-state index contributed by atoms with van der Waals surface area (Å²) in [7, 11) is -0.802. The summed E-state index contributed by atoms with van der Waals surface area (Å²) in [5, 5.41) is 13.6. The van der Waals surface area contributed by atoms with Gasteiger partial charge in [-0.15, -0.1) is 5.10 Å². The number of rotatable bonds is 7. The molecule has 1 heterocycles. The lowest BCUT2D eigenvalue weighted by Crippen LogP contribution is -2.11. The van der Waals surface area contributed by atoms with E-state index in [0.29, 0.717) is 30.7 Å². The minimum absolute atomic E-state index is 0.383. The van der Waals surface area contributed by atoms with Crippen LogP contribution < -0.4 is 10.6 Å². The molecule has 1 aromatic rings. The van der Waals surface area contributed by atoms with Crippen LogP contribution >= 0.6 is 0 Å². The topological polar surface area (TPSA) is 80.0 Å². The molecule has 1 atom stereocenters. The standard InChI is InChI=1S/C8H16N4O2S/c1-3-9-6-7-11-12-8(14-7)10-4-5-15(2)13/h9H,3-6H2,1-2H3,(H,10,12). The second-order valence-corrected chi connectivity index (χ2v) is 4.54. The van der Waals surface area contributed by atoms with Gasteiger partial charge in [0.2, 0.25) is 5.89 Å². The summed E-state index contributed by atoms with van der Waals surface area (Å²) in [6, 6.07) is 0.383. The molecule has 0 saturated heterocycles. The highest BCUT2D eigenvalue weighted by Crippen LogP contribution is 2.04. The lowest BCUT2D eigenvalue weighted by atomic mass is 10.6. The van der Waals surface area contributed by atoms with Crippen LogP contribution in [-0.2, 0) is 17.3 Å². The zero-order valence-electron chi connectivity index (χ0n) is 8.95. The minimum atomic E-state index is -0.802. The first kappa shape index (κ1) is 12.1. The fraction of sp³-hybridized carbons (Fsp3) is 0.750. The fourth-order valence-corrected chi connectivity index (χ4v) is 1.32. The average molecular weight is 232 g/mol. The Morgan fingerprint density at radius 1 is 1.47 bits per heavy atom. The highest BCUT2D eigenvalue weighted by Gasteiger charge is 2.04. The van der Waals surface area contributed by atoms with Crippen LogP contribution in [-0.4, -0.2) is 39.5 Å². The van der Waals surface area contributed by atoms with Crippen molar-refractivity contribution >= 4 is 16.8 Å². The summed E-state index contributed by atoms with van der Waals surface area (Å²) < 4.78 is 16.0. The van der Waals surface area contributed by atoms with E-state index in [1.165, 1.54) is 0 Å². The summed E-state index contributed by atoms with van der Waals surface area (Å²) >= 11 is 0. The van der Waals surface area contributed by atoms with Gasteiger partial charge in [0.1, 0.15) is 0 Å². The van der Waals surface area contributed by atoms with Crippen molar-refractivity contribution in [3.63, 3.8) is 0 Å². The number of nitrogens with zero attached hydrogens (tertiary/aromatic N) is 2. The van der Waals surface area contributed by atoms with Crippen LogP contribution in [0.25, 0.3) is 0 Å². The van der Waals surface area contributed by atoms with Crippen LogP contribution in [0, 0.1) is 0 Å². The molecule has 6 nitrogen and oxygen atoms in total. The van der Waals surface area contributed by atoms with E-state index in [0.717, 1.165) is 6.54 Å². The summed E-state index contributed by atoms with van der Waals surface area (Å²) in [5.41, 5.74) is 0. The lowest BCUT2D eigenvalue weighted by molar-refractivity contribution is 0.482. The molecule has 86 valence electrons. The normalized spacial score (nSPS) is 12.7. The molecular weight excluding hydrogens is 216 g/mol. The molecule has 0 radical (unpaired) electrons. The second kappa shape index (κ2) is 6.52. The van der Waals surface area contributed by atoms with E-state index < -0.39 is 10.8 Å². The van der Waals surface area contributed by atoms with Crippen molar-refractivity contribution < 1.29 is 8.63 Å². The van der Waals surface area contributed by atoms with Gasteiger partial charge in [-0.1, -0.05) is 12.0 Å². The van der Waals surface area contributed by atoms with Crippen molar-refractivity contribution in [1.82, 2.24) is 15.5 Å². The van der Waals surface area contributed by atoms with E-state index >= 15 is 0 Å². The van der Waals surface area contributed by atoms with Crippen molar-refractivity contribution in [2.45, 2.75) is 13.5 Å². The zero-order chi connectivity index (χ0) is 11.1. The molecule has 7 heteroatoms. The molecule has 0 aliphatic rings. The van der Waals surface area contributed by atoms with Gasteiger partial charge >= 0.3 is 6.01 Å². The Bertz CT molecular complexity index is 315. The third-order valence-corrected chi connectivity index (χ3v) is 2.44. The first-order valence-corrected chi connectivity index (χ1v) is 6.52. The molecule has 0 aliphatic carbocycles. The first-order valence-electron chi connectivity index (χ1n) is 4.79. The lowest BCUT2D eigenvalue weighted by Gasteiger charge is -1.98. The molecule has 0 spiro atoms. The fourth-order valence-electron chi connectivity index (χ4n) is 0.930. The quantitative estimate of drug-likeness (QED) is 0.687. The second-order valence-electron chi connectivity index (χ2n) is 2.99. The van der Waals surface area contributed by atoms with E-state index in [9.17, 15) is 4.21 Å². The van der Waals surface area contributed by atoms with Crippen LogP contribution in [0.5, 0.6) is 0 Å². The molecule has 1 aromatic heterocycles. The molecule has 1 rings (SSSR count). The minimum Gasteiger partial charge on any atom is -0.407 e. The van der Waals surface area contributed by atoms with Crippen molar-refractivity contribution in [2.75, 3.05) is 30.4 Å². The van der Waals surface area contributed by atoms with Crippen molar-refractivity contribution in [3.05, 3.63) is 5.89 Å². The molecular formula is C8H16N4O2S. The molecule has 0 bridgehead atoms. The molecule has 1 unspecified atom stereocenters. The van der Waals surface area contributed by atoms with Gasteiger partial charge in [0.15, 0.2) is 0 Å². The van der Waals surface area contributed by atoms with E-state index in [4.69, 9.17) is 4.42 Å². The Balaban J connectivity index is 2.29. The number of nitrogens with one attached hydrogen (secondary N) is 2. The van der Waals surface area contributed by atoms with Crippen molar-refractivity contribution in [2.24, 2.45) is 0 Å². The van der Waals surface area contributed by atoms with Crippen LogP contribution in [0.3, 0.4) is 0 Å². The summed E-state index contributed by atoms with van der Waals surface area (Å²) in [4.78, 5) is 0. The third-order valence-electron chi connectivity index (χ3n) is 1.66. The number of hydrogen-bond acceptors (Lipinski definition) is 6. The molecule has 15 heavy (non-hydrogen) atoms. The largest absolute Gasteiger partial charge is 0.407 e. The summed E-state index contributed by atoms with van der Waals surface area (Å²) in [6.45, 7) is 4.02. The highest BCUT2D eigenvalue weighted by molar-refractivity contribution is 7.84. The van der Waals surface area contributed by atoms with Gasteiger partial charge in [0.05, 0.1) is 6.54 Å². The van der Waals surface area contributed by atoms with E-state index in [2.05, 4.69) is 20.8 Å².